The fourth-order valence-corrected chi connectivity index (χ4v) is 3.28. The third kappa shape index (κ3) is 3.94. The maximum atomic E-state index is 12.0. The number of para-hydroxylation sites is 1. The molecular weight excluding hydrogens is 344 g/mol. The minimum atomic E-state index is 0.0193. The maximum absolute atomic E-state index is 12.0. The number of hydrogen-bond donors (Lipinski definition) is 1. The first-order valence-corrected chi connectivity index (χ1v) is 9.53. The molecule has 0 bridgehead atoms. The summed E-state index contributed by atoms with van der Waals surface area (Å²) in [6.45, 7) is 2.25. The summed E-state index contributed by atoms with van der Waals surface area (Å²) in [5.74, 6) is 0.779. The van der Waals surface area contributed by atoms with Crippen molar-refractivity contribution in [1.82, 2.24) is 4.57 Å². The first kappa shape index (κ1) is 18.1. The van der Waals surface area contributed by atoms with Crippen molar-refractivity contribution in [2.45, 2.75) is 18.4 Å². The normalized spacial score (nSPS) is 10.7. The number of hydrogen-bond acceptors (Lipinski definition) is 4. The van der Waals surface area contributed by atoms with E-state index >= 15 is 0 Å². The van der Waals surface area contributed by atoms with Crippen molar-refractivity contribution in [3.8, 4) is 16.9 Å². The van der Waals surface area contributed by atoms with Crippen LogP contribution in [0.4, 0.5) is 5.69 Å². The van der Waals surface area contributed by atoms with Gasteiger partial charge in [-0.15, -0.1) is 11.8 Å². The lowest BCUT2D eigenvalue weighted by Crippen LogP contribution is -2.18. The van der Waals surface area contributed by atoms with Crippen molar-refractivity contribution in [2.75, 3.05) is 12.0 Å². The summed E-state index contributed by atoms with van der Waals surface area (Å²) in [7, 11) is 1.77. The Kier molecular flexibility index (Phi) is 5.38. The van der Waals surface area contributed by atoms with Crippen molar-refractivity contribution < 1.29 is 4.74 Å². The Balaban J connectivity index is 1.94. The second kappa shape index (κ2) is 7.70. The number of rotatable bonds is 5. The van der Waals surface area contributed by atoms with Crippen LogP contribution in [0.1, 0.15) is 11.1 Å². The van der Waals surface area contributed by atoms with Crippen LogP contribution in [0.3, 0.4) is 0 Å². The number of aromatic nitrogens is 1. The Bertz CT molecular complexity index is 969. The van der Waals surface area contributed by atoms with Crippen LogP contribution in [0.15, 0.2) is 64.4 Å². The third-order valence-electron chi connectivity index (χ3n) is 4.26. The van der Waals surface area contributed by atoms with Crippen LogP contribution in [0.2, 0.25) is 0 Å². The summed E-state index contributed by atoms with van der Waals surface area (Å²) in [6, 6.07) is 15.7. The largest absolute Gasteiger partial charge is 0.489 e. The zero-order chi connectivity index (χ0) is 18.7. The summed E-state index contributed by atoms with van der Waals surface area (Å²) < 4.78 is 7.61. The van der Waals surface area contributed by atoms with Gasteiger partial charge in [0.05, 0.1) is 0 Å². The van der Waals surface area contributed by atoms with E-state index in [0.29, 0.717) is 6.61 Å². The molecule has 0 unspecified atom stereocenters. The van der Waals surface area contributed by atoms with Gasteiger partial charge >= 0.3 is 0 Å². The monoisotopic (exact) mass is 366 g/mol. The molecule has 0 aliphatic carbocycles. The molecule has 3 aromatic rings. The van der Waals surface area contributed by atoms with Gasteiger partial charge in [0.15, 0.2) is 0 Å². The Labute approximate surface area is 157 Å². The molecule has 0 fully saturated rings. The number of benzene rings is 2. The van der Waals surface area contributed by atoms with E-state index in [9.17, 15) is 4.79 Å². The molecule has 3 rings (SSSR count). The first-order valence-electron chi connectivity index (χ1n) is 8.31. The third-order valence-corrected chi connectivity index (χ3v) is 4.97. The molecular formula is C21H22N2O2S. The van der Waals surface area contributed by atoms with Gasteiger partial charge in [-0.25, -0.2) is 0 Å². The van der Waals surface area contributed by atoms with Crippen LogP contribution in [-0.2, 0) is 13.7 Å². The van der Waals surface area contributed by atoms with Gasteiger partial charge in [0.25, 0.3) is 5.56 Å². The number of nitrogens with zero attached hydrogens (tertiary/aromatic N) is 1. The number of aryl methyl sites for hydroxylation is 2. The average Bonchev–Trinajstić information content (AvgIpc) is 2.64. The van der Waals surface area contributed by atoms with E-state index in [1.807, 2.05) is 61.8 Å². The van der Waals surface area contributed by atoms with E-state index in [-0.39, 0.29) is 5.56 Å². The highest BCUT2D eigenvalue weighted by molar-refractivity contribution is 7.98. The molecule has 4 nitrogen and oxygen atoms in total. The van der Waals surface area contributed by atoms with Crippen LogP contribution in [0, 0.1) is 6.92 Å². The summed E-state index contributed by atoms with van der Waals surface area (Å²) in [5, 5.41) is 0. The summed E-state index contributed by atoms with van der Waals surface area (Å²) in [4.78, 5) is 13.1. The molecule has 0 saturated heterocycles. The molecule has 0 spiro atoms. The fourth-order valence-electron chi connectivity index (χ4n) is 2.80. The molecule has 26 heavy (non-hydrogen) atoms. The van der Waals surface area contributed by atoms with Crippen molar-refractivity contribution >= 4 is 17.4 Å². The Morgan fingerprint density at radius 2 is 1.88 bits per heavy atom. The maximum Gasteiger partial charge on any atom is 0.253 e. The molecule has 0 atom stereocenters. The van der Waals surface area contributed by atoms with Crippen LogP contribution in [-0.4, -0.2) is 10.8 Å². The first-order chi connectivity index (χ1) is 12.5. The Morgan fingerprint density at radius 3 is 2.58 bits per heavy atom. The Hall–Kier alpha value is -2.66. The number of nitrogens with two attached hydrogens (primary N) is 1. The zero-order valence-electron chi connectivity index (χ0n) is 15.2. The van der Waals surface area contributed by atoms with Crippen molar-refractivity contribution in [1.29, 1.82) is 0 Å². The number of ether oxygens (including phenoxy) is 1. The van der Waals surface area contributed by atoms with Gasteiger partial charge in [-0.1, -0.05) is 18.2 Å². The van der Waals surface area contributed by atoms with Crippen LogP contribution in [0.5, 0.6) is 5.75 Å². The highest BCUT2D eigenvalue weighted by Crippen LogP contribution is 2.30. The summed E-state index contributed by atoms with van der Waals surface area (Å²) >= 11 is 1.65. The lowest BCUT2D eigenvalue weighted by atomic mass is 10.1. The molecule has 2 aromatic carbocycles. The lowest BCUT2D eigenvalue weighted by Gasteiger charge is -2.13. The average molecular weight is 366 g/mol. The predicted octanol–water partition coefficient (Wildman–Crippen LogP) is 4.24. The quantitative estimate of drug-likeness (QED) is 0.542. The second-order valence-electron chi connectivity index (χ2n) is 6.21. The van der Waals surface area contributed by atoms with E-state index in [4.69, 9.17) is 10.5 Å². The highest BCUT2D eigenvalue weighted by Gasteiger charge is 2.08. The molecule has 2 N–H and O–H groups in total. The molecule has 1 aromatic heterocycles. The summed E-state index contributed by atoms with van der Waals surface area (Å²) in [6.07, 6.45) is 3.89. The molecule has 0 aliphatic heterocycles. The second-order valence-corrected chi connectivity index (χ2v) is 7.09. The van der Waals surface area contributed by atoms with Gasteiger partial charge in [0, 0.05) is 35.0 Å². The van der Waals surface area contributed by atoms with Crippen molar-refractivity contribution in [3.63, 3.8) is 0 Å². The molecule has 0 saturated carbocycles. The highest BCUT2D eigenvalue weighted by atomic mass is 32.2. The number of nitrogen functional groups attached to an aromatic ring is 1. The smallest absolute Gasteiger partial charge is 0.253 e. The zero-order valence-corrected chi connectivity index (χ0v) is 16.0. The van der Waals surface area contributed by atoms with E-state index in [0.717, 1.165) is 38.6 Å². The predicted molar refractivity (Wildman–Crippen MR) is 109 cm³/mol. The van der Waals surface area contributed by atoms with Gasteiger partial charge in [-0.2, -0.15) is 0 Å². The molecule has 5 heteroatoms. The van der Waals surface area contributed by atoms with Gasteiger partial charge in [0.1, 0.15) is 12.4 Å². The minimum absolute atomic E-state index is 0.0193. The topological polar surface area (TPSA) is 57.2 Å². The van der Waals surface area contributed by atoms with Gasteiger partial charge in [0.2, 0.25) is 0 Å². The molecule has 0 radical (unpaired) electrons. The number of thioether (sulfide) groups is 1. The number of pyridine rings is 1. The molecule has 1 heterocycles. The van der Waals surface area contributed by atoms with Crippen LogP contribution >= 0.6 is 11.8 Å². The standard InChI is InChI=1S/C21H22N2O2S/c1-14-8-17(12-23(2)21(14)24)16-9-18(11-19(10-16)26-3)25-13-15-6-4-5-7-20(15)22/h4-12H,13,22H2,1-3H3. The molecule has 0 aliphatic rings. The van der Waals surface area contributed by atoms with E-state index in [2.05, 4.69) is 6.07 Å². The van der Waals surface area contributed by atoms with Crippen LogP contribution in [0.25, 0.3) is 11.1 Å². The van der Waals surface area contributed by atoms with Gasteiger partial charge in [-0.05, 0) is 54.6 Å². The van der Waals surface area contributed by atoms with E-state index in [1.54, 1.807) is 23.4 Å². The lowest BCUT2D eigenvalue weighted by molar-refractivity contribution is 0.306. The van der Waals surface area contributed by atoms with E-state index < -0.39 is 0 Å². The van der Waals surface area contributed by atoms with Crippen LogP contribution < -0.4 is 16.0 Å². The SMILES string of the molecule is CSc1cc(OCc2ccccc2N)cc(-c2cc(C)c(=O)n(C)c2)c1. The van der Waals surface area contributed by atoms with E-state index in [1.165, 1.54) is 0 Å². The van der Waals surface area contributed by atoms with Crippen molar-refractivity contribution in [3.05, 3.63) is 76.2 Å². The number of anilines is 1. The molecule has 0 amide bonds. The molecule has 134 valence electrons. The Morgan fingerprint density at radius 1 is 1.12 bits per heavy atom. The summed E-state index contributed by atoms with van der Waals surface area (Å²) in [5.41, 5.74) is 10.4. The minimum Gasteiger partial charge on any atom is -0.489 e. The van der Waals surface area contributed by atoms with Gasteiger partial charge < -0.3 is 15.0 Å². The van der Waals surface area contributed by atoms with Gasteiger partial charge in [-0.3, -0.25) is 4.79 Å². The fraction of sp³-hybridized carbons (Fsp3) is 0.190. The van der Waals surface area contributed by atoms with Crippen molar-refractivity contribution in [2.24, 2.45) is 7.05 Å².